The molecule has 0 radical (unpaired) electrons. The van der Waals surface area contributed by atoms with Gasteiger partial charge in [0.15, 0.2) is 0 Å². The molecule has 1 aliphatic carbocycles. The van der Waals surface area contributed by atoms with Gasteiger partial charge in [0.2, 0.25) is 0 Å². The third kappa shape index (κ3) is 2.33. The van der Waals surface area contributed by atoms with Crippen molar-refractivity contribution in [2.24, 2.45) is 0 Å². The van der Waals surface area contributed by atoms with Crippen molar-refractivity contribution in [2.45, 2.75) is 64.7 Å². The molecule has 0 spiro atoms. The molecule has 2 heterocycles. The molecule has 0 aromatic carbocycles. The Morgan fingerprint density at radius 3 is 2.50 bits per heavy atom. The van der Waals surface area contributed by atoms with Crippen molar-refractivity contribution < 1.29 is 0 Å². The van der Waals surface area contributed by atoms with Crippen molar-refractivity contribution in [3.63, 3.8) is 0 Å². The number of rotatable bonds is 4. The molecule has 4 heteroatoms. The van der Waals surface area contributed by atoms with Gasteiger partial charge in [-0.15, -0.1) is 22.7 Å². The van der Waals surface area contributed by atoms with Gasteiger partial charge < -0.3 is 0 Å². The zero-order chi connectivity index (χ0) is 14.5. The molecule has 2 nitrogen and oxygen atoms in total. The van der Waals surface area contributed by atoms with Crippen LogP contribution in [-0.4, -0.2) is 9.97 Å². The predicted octanol–water partition coefficient (Wildman–Crippen LogP) is 5.23. The topological polar surface area (TPSA) is 25.8 Å². The van der Waals surface area contributed by atoms with Gasteiger partial charge in [-0.1, -0.05) is 13.8 Å². The number of nitrogens with zero attached hydrogens (tertiary/aromatic N) is 2. The second-order valence-electron chi connectivity index (χ2n) is 6.59. The Balaban J connectivity index is 2.05. The Hall–Kier alpha value is -0.740. The Kier molecular flexibility index (Phi) is 3.49. The van der Waals surface area contributed by atoms with Gasteiger partial charge in [-0.2, -0.15) is 0 Å². The standard InChI is InChI=1S/C16H22N2S2/c1-9(2)13-12(11-6-7-11)18-15(20-13)16(4,5)14-10(3)17-8-19-14/h8-9,11H,6-7H2,1-5H3. The minimum absolute atomic E-state index is 0.0211. The molecule has 0 atom stereocenters. The van der Waals surface area contributed by atoms with E-state index in [-0.39, 0.29) is 5.41 Å². The van der Waals surface area contributed by atoms with E-state index in [0.717, 1.165) is 11.6 Å². The van der Waals surface area contributed by atoms with Crippen LogP contribution in [0.1, 0.15) is 78.5 Å². The van der Waals surface area contributed by atoms with Crippen molar-refractivity contribution in [1.82, 2.24) is 9.97 Å². The van der Waals surface area contributed by atoms with Gasteiger partial charge in [-0.25, -0.2) is 9.97 Å². The molecular formula is C16H22N2S2. The number of hydrogen-bond acceptors (Lipinski definition) is 4. The zero-order valence-electron chi connectivity index (χ0n) is 12.9. The Bertz CT molecular complexity index is 599. The highest BCUT2D eigenvalue weighted by Gasteiger charge is 2.35. The van der Waals surface area contributed by atoms with E-state index in [2.05, 4.69) is 39.6 Å². The van der Waals surface area contributed by atoms with Crippen LogP contribution in [0.5, 0.6) is 0 Å². The highest BCUT2D eigenvalue weighted by atomic mass is 32.1. The lowest BCUT2D eigenvalue weighted by molar-refractivity contribution is 0.639. The molecule has 2 aromatic rings. The van der Waals surface area contributed by atoms with Crippen molar-refractivity contribution in [2.75, 3.05) is 0 Å². The van der Waals surface area contributed by atoms with Crippen LogP contribution in [0.3, 0.4) is 0 Å². The van der Waals surface area contributed by atoms with E-state index in [9.17, 15) is 0 Å². The van der Waals surface area contributed by atoms with Gasteiger partial charge in [0, 0.05) is 15.7 Å². The van der Waals surface area contributed by atoms with Crippen molar-refractivity contribution >= 4 is 22.7 Å². The Morgan fingerprint density at radius 1 is 1.30 bits per heavy atom. The largest absolute Gasteiger partial charge is 0.250 e. The first-order valence-electron chi connectivity index (χ1n) is 7.33. The summed E-state index contributed by atoms with van der Waals surface area (Å²) in [7, 11) is 0. The van der Waals surface area contributed by atoms with E-state index >= 15 is 0 Å². The highest BCUT2D eigenvalue weighted by Crippen LogP contribution is 2.47. The number of thiazole rings is 2. The third-order valence-corrected chi connectivity index (χ3v) is 6.96. The summed E-state index contributed by atoms with van der Waals surface area (Å²) >= 11 is 3.67. The fourth-order valence-electron chi connectivity index (χ4n) is 2.67. The summed E-state index contributed by atoms with van der Waals surface area (Å²) in [5, 5.41) is 1.26. The molecule has 0 N–H and O–H groups in total. The second-order valence-corrected chi connectivity index (χ2v) is 8.47. The molecule has 1 saturated carbocycles. The zero-order valence-corrected chi connectivity index (χ0v) is 14.5. The Morgan fingerprint density at radius 2 is 2.00 bits per heavy atom. The predicted molar refractivity (Wildman–Crippen MR) is 87.2 cm³/mol. The maximum Gasteiger partial charge on any atom is 0.104 e. The first-order chi connectivity index (χ1) is 9.41. The van der Waals surface area contributed by atoms with Gasteiger partial charge >= 0.3 is 0 Å². The number of aromatic nitrogens is 2. The SMILES string of the molecule is Cc1ncsc1C(C)(C)c1nc(C2CC2)c(C(C)C)s1. The summed E-state index contributed by atoms with van der Waals surface area (Å²) in [6, 6.07) is 0. The van der Waals surface area contributed by atoms with E-state index in [1.807, 2.05) is 16.8 Å². The summed E-state index contributed by atoms with van der Waals surface area (Å²) in [6.07, 6.45) is 2.64. The van der Waals surface area contributed by atoms with Crippen LogP contribution >= 0.6 is 22.7 Å². The van der Waals surface area contributed by atoms with E-state index in [1.165, 1.54) is 33.3 Å². The van der Waals surface area contributed by atoms with Crippen LogP contribution in [0, 0.1) is 6.92 Å². The lowest BCUT2D eigenvalue weighted by atomic mass is 9.91. The molecule has 1 aliphatic rings. The molecule has 0 unspecified atom stereocenters. The normalized spacial score (nSPS) is 16.1. The molecule has 0 saturated heterocycles. The first-order valence-corrected chi connectivity index (χ1v) is 9.02. The summed E-state index contributed by atoms with van der Waals surface area (Å²) in [5.74, 6) is 1.31. The fourth-order valence-corrected chi connectivity index (χ4v) is 4.93. The van der Waals surface area contributed by atoms with Gasteiger partial charge in [0.25, 0.3) is 0 Å². The minimum Gasteiger partial charge on any atom is -0.250 e. The van der Waals surface area contributed by atoms with Gasteiger partial charge in [0.05, 0.1) is 22.3 Å². The van der Waals surface area contributed by atoms with E-state index < -0.39 is 0 Å². The van der Waals surface area contributed by atoms with Gasteiger partial charge in [0.1, 0.15) is 5.01 Å². The van der Waals surface area contributed by atoms with Crippen LogP contribution in [0.2, 0.25) is 0 Å². The van der Waals surface area contributed by atoms with Crippen LogP contribution in [0.15, 0.2) is 5.51 Å². The molecule has 0 aliphatic heterocycles. The van der Waals surface area contributed by atoms with Crippen LogP contribution in [0.4, 0.5) is 0 Å². The molecule has 0 amide bonds. The average molecular weight is 306 g/mol. The van der Waals surface area contributed by atoms with E-state index in [4.69, 9.17) is 4.98 Å². The summed E-state index contributed by atoms with van der Waals surface area (Å²) in [6.45, 7) is 11.2. The Labute approximate surface area is 129 Å². The molecule has 108 valence electrons. The molecule has 0 bridgehead atoms. The summed E-state index contributed by atoms with van der Waals surface area (Å²) in [5.41, 5.74) is 4.46. The highest BCUT2D eigenvalue weighted by molar-refractivity contribution is 7.13. The summed E-state index contributed by atoms with van der Waals surface area (Å²) < 4.78 is 0. The van der Waals surface area contributed by atoms with Gasteiger partial charge in [-0.3, -0.25) is 0 Å². The molecule has 1 fully saturated rings. The lowest BCUT2D eigenvalue weighted by Crippen LogP contribution is -2.18. The van der Waals surface area contributed by atoms with Crippen molar-refractivity contribution in [3.8, 4) is 0 Å². The molecule has 20 heavy (non-hydrogen) atoms. The maximum atomic E-state index is 5.06. The number of hydrogen-bond donors (Lipinski definition) is 0. The van der Waals surface area contributed by atoms with E-state index in [0.29, 0.717) is 5.92 Å². The second kappa shape index (κ2) is 4.92. The van der Waals surface area contributed by atoms with Crippen molar-refractivity contribution in [1.29, 1.82) is 0 Å². The smallest absolute Gasteiger partial charge is 0.104 e. The van der Waals surface area contributed by atoms with E-state index in [1.54, 1.807) is 11.3 Å². The minimum atomic E-state index is -0.0211. The van der Waals surface area contributed by atoms with Crippen LogP contribution < -0.4 is 0 Å². The summed E-state index contributed by atoms with van der Waals surface area (Å²) in [4.78, 5) is 12.3. The molecule has 3 rings (SSSR count). The number of aryl methyl sites for hydroxylation is 1. The average Bonchev–Trinajstić information content (AvgIpc) is 2.95. The third-order valence-electron chi connectivity index (χ3n) is 4.02. The monoisotopic (exact) mass is 306 g/mol. The lowest BCUT2D eigenvalue weighted by Gasteiger charge is -2.21. The van der Waals surface area contributed by atoms with Crippen molar-refractivity contribution in [3.05, 3.63) is 31.7 Å². The first kappa shape index (κ1) is 14.2. The van der Waals surface area contributed by atoms with Crippen LogP contribution in [-0.2, 0) is 5.41 Å². The molecular weight excluding hydrogens is 284 g/mol. The fraction of sp³-hybridized carbons (Fsp3) is 0.625. The van der Waals surface area contributed by atoms with Gasteiger partial charge in [-0.05, 0) is 39.5 Å². The molecule has 2 aromatic heterocycles. The quantitative estimate of drug-likeness (QED) is 0.772. The maximum absolute atomic E-state index is 5.06. The van der Waals surface area contributed by atoms with Crippen LogP contribution in [0.25, 0.3) is 0 Å².